The van der Waals surface area contributed by atoms with Crippen LogP contribution in [0.15, 0.2) is 85.0 Å². The van der Waals surface area contributed by atoms with E-state index in [1.807, 2.05) is 6.08 Å². The minimum atomic E-state index is -0.00369. The van der Waals surface area contributed by atoms with Gasteiger partial charge in [-0.1, -0.05) is 113 Å². The van der Waals surface area contributed by atoms with Crippen LogP contribution in [0.5, 0.6) is 0 Å². The first-order chi connectivity index (χ1) is 17.2. The van der Waals surface area contributed by atoms with E-state index in [0.29, 0.717) is 11.8 Å². The van der Waals surface area contributed by atoms with Gasteiger partial charge in [0.15, 0.2) is 0 Å². The van der Waals surface area contributed by atoms with Gasteiger partial charge in [0, 0.05) is 5.41 Å². The van der Waals surface area contributed by atoms with Crippen molar-refractivity contribution in [1.82, 2.24) is 0 Å². The number of fused-ring (bicyclic) bond motifs is 6. The van der Waals surface area contributed by atoms with Crippen LogP contribution in [0.25, 0.3) is 27.5 Å². The molecule has 0 spiro atoms. The molecule has 0 heteroatoms. The van der Waals surface area contributed by atoms with Crippen molar-refractivity contribution in [2.75, 3.05) is 0 Å². The third-order valence-electron chi connectivity index (χ3n) is 9.25. The standard InChI is InChI=1S/C36H36/c1-8-28-21(2)17-27-19-25(13-15-30(27)28)23(4)24(5)26-14-16-32-33(20-26)36(6,7)34-18-22(3)29-11-9-10-12-31(29)35(32)34/h8-16,18-20,23-24H,1,17H2,2-7H3. The molecule has 0 fully saturated rings. The molecule has 4 aromatic rings. The lowest BCUT2D eigenvalue weighted by atomic mass is 9.78. The van der Waals surface area contributed by atoms with Crippen LogP contribution >= 0.6 is 0 Å². The molecule has 0 heterocycles. The third-order valence-corrected chi connectivity index (χ3v) is 9.25. The minimum Gasteiger partial charge on any atom is -0.0984 e. The van der Waals surface area contributed by atoms with Crippen molar-refractivity contribution in [3.8, 4) is 11.1 Å². The lowest BCUT2D eigenvalue weighted by Gasteiger charge is -2.26. The van der Waals surface area contributed by atoms with Gasteiger partial charge in [0.25, 0.3) is 0 Å². The van der Waals surface area contributed by atoms with Crippen LogP contribution in [0.2, 0.25) is 0 Å². The fraction of sp³-hybridized carbons (Fsp3) is 0.278. The zero-order valence-electron chi connectivity index (χ0n) is 22.5. The van der Waals surface area contributed by atoms with Gasteiger partial charge in [-0.25, -0.2) is 0 Å². The number of benzene rings is 4. The van der Waals surface area contributed by atoms with Crippen LogP contribution in [0.3, 0.4) is 0 Å². The average Bonchev–Trinajstić information content (AvgIpc) is 3.32. The summed E-state index contributed by atoms with van der Waals surface area (Å²) in [4.78, 5) is 0. The highest BCUT2D eigenvalue weighted by atomic mass is 14.4. The molecule has 0 saturated heterocycles. The van der Waals surface area contributed by atoms with Crippen LogP contribution in [0, 0.1) is 6.92 Å². The van der Waals surface area contributed by atoms with E-state index in [9.17, 15) is 0 Å². The molecule has 2 atom stereocenters. The lowest BCUT2D eigenvalue weighted by Crippen LogP contribution is -2.16. The van der Waals surface area contributed by atoms with Crippen molar-refractivity contribution in [1.29, 1.82) is 0 Å². The summed E-state index contributed by atoms with van der Waals surface area (Å²) < 4.78 is 0. The molecular weight excluding hydrogens is 432 g/mol. The van der Waals surface area contributed by atoms with Crippen LogP contribution in [0.1, 0.15) is 85.4 Å². The molecule has 2 unspecified atom stereocenters. The summed E-state index contributed by atoms with van der Waals surface area (Å²) in [5.74, 6) is 0.872. The Bertz CT molecular complexity index is 1590. The molecule has 36 heavy (non-hydrogen) atoms. The number of hydrogen-bond acceptors (Lipinski definition) is 0. The Hall–Kier alpha value is -3.38. The summed E-state index contributed by atoms with van der Waals surface area (Å²) in [5.41, 5.74) is 15.6. The largest absolute Gasteiger partial charge is 0.0984 e. The molecule has 0 bridgehead atoms. The van der Waals surface area contributed by atoms with Gasteiger partial charge < -0.3 is 0 Å². The fourth-order valence-electron chi connectivity index (χ4n) is 6.84. The van der Waals surface area contributed by atoms with Gasteiger partial charge in [0.1, 0.15) is 0 Å². The van der Waals surface area contributed by atoms with Gasteiger partial charge in [0.2, 0.25) is 0 Å². The summed E-state index contributed by atoms with van der Waals surface area (Å²) in [6, 6.07) is 25.7. The maximum absolute atomic E-state index is 4.04. The Balaban J connectivity index is 1.39. The van der Waals surface area contributed by atoms with Crippen molar-refractivity contribution in [3.63, 3.8) is 0 Å². The van der Waals surface area contributed by atoms with Crippen molar-refractivity contribution in [3.05, 3.63) is 124 Å². The second-order valence-electron chi connectivity index (χ2n) is 11.7. The molecule has 2 aliphatic carbocycles. The van der Waals surface area contributed by atoms with Crippen molar-refractivity contribution < 1.29 is 0 Å². The molecule has 0 aromatic heterocycles. The van der Waals surface area contributed by atoms with E-state index in [1.54, 1.807) is 0 Å². The summed E-state index contributed by atoms with van der Waals surface area (Å²) in [5, 5.41) is 2.75. The molecule has 180 valence electrons. The third kappa shape index (κ3) is 3.20. The topological polar surface area (TPSA) is 0 Å². The fourth-order valence-corrected chi connectivity index (χ4v) is 6.84. The van der Waals surface area contributed by atoms with Crippen molar-refractivity contribution >= 4 is 16.3 Å². The zero-order valence-corrected chi connectivity index (χ0v) is 22.5. The SMILES string of the molecule is C=CC1=C(C)Cc2cc(C(C)C(C)c3ccc4c(c3)C(C)(C)c3cc(C)c5ccccc5c3-4)ccc21. The normalized spacial score (nSPS) is 17.1. The first-order valence-electron chi connectivity index (χ1n) is 13.4. The Morgan fingerprint density at radius 1 is 0.778 bits per heavy atom. The van der Waals surface area contributed by atoms with Gasteiger partial charge in [-0.15, -0.1) is 0 Å². The molecule has 0 saturated carbocycles. The van der Waals surface area contributed by atoms with E-state index < -0.39 is 0 Å². The maximum atomic E-state index is 4.04. The predicted octanol–water partition coefficient (Wildman–Crippen LogP) is 9.88. The average molecular weight is 469 g/mol. The summed E-state index contributed by atoms with van der Waals surface area (Å²) in [6.45, 7) is 18.1. The van der Waals surface area contributed by atoms with E-state index in [0.717, 1.165) is 6.42 Å². The second kappa shape index (κ2) is 8.07. The van der Waals surface area contributed by atoms with E-state index in [4.69, 9.17) is 0 Å². The molecule has 4 aromatic carbocycles. The lowest BCUT2D eigenvalue weighted by molar-refractivity contribution is 0.616. The first kappa shape index (κ1) is 23.0. The van der Waals surface area contributed by atoms with Gasteiger partial charge in [-0.2, -0.15) is 0 Å². The number of hydrogen-bond donors (Lipinski definition) is 0. The smallest absolute Gasteiger partial charge is 0.0159 e. The van der Waals surface area contributed by atoms with E-state index in [2.05, 4.69) is 115 Å². The van der Waals surface area contributed by atoms with Gasteiger partial charge >= 0.3 is 0 Å². The van der Waals surface area contributed by atoms with Crippen LogP contribution < -0.4 is 0 Å². The predicted molar refractivity (Wildman–Crippen MR) is 156 cm³/mol. The maximum Gasteiger partial charge on any atom is 0.0159 e. The van der Waals surface area contributed by atoms with Crippen LogP contribution in [-0.4, -0.2) is 0 Å². The number of allylic oxidation sites excluding steroid dienone is 3. The van der Waals surface area contributed by atoms with Gasteiger partial charge in [0.05, 0.1) is 0 Å². The Morgan fingerprint density at radius 3 is 2.11 bits per heavy atom. The zero-order chi connectivity index (χ0) is 25.4. The summed E-state index contributed by atoms with van der Waals surface area (Å²) in [6.07, 6.45) is 3.06. The molecule has 0 nitrogen and oxygen atoms in total. The van der Waals surface area contributed by atoms with Gasteiger partial charge in [-0.05, 0) is 98.5 Å². The highest BCUT2D eigenvalue weighted by Gasteiger charge is 2.37. The van der Waals surface area contributed by atoms with Crippen molar-refractivity contribution in [2.45, 2.75) is 65.2 Å². The van der Waals surface area contributed by atoms with Crippen LogP contribution in [0.4, 0.5) is 0 Å². The van der Waals surface area contributed by atoms with Crippen LogP contribution in [-0.2, 0) is 11.8 Å². The Kier molecular flexibility index (Phi) is 5.16. The molecule has 2 aliphatic rings. The monoisotopic (exact) mass is 468 g/mol. The number of rotatable bonds is 4. The Labute approximate surface area is 216 Å². The quantitative estimate of drug-likeness (QED) is 0.279. The highest BCUT2D eigenvalue weighted by molar-refractivity contribution is 6.03. The minimum absolute atomic E-state index is 0.00369. The van der Waals surface area contributed by atoms with E-state index in [-0.39, 0.29) is 5.41 Å². The highest BCUT2D eigenvalue weighted by Crippen LogP contribution is 2.53. The second-order valence-corrected chi connectivity index (χ2v) is 11.7. The first-order valence-corrected chi connectivity index (χ1v) is 13.4. The summed E-state index contributed by atoms with van der Waals surface area (Å²) in [7, 11) is 0. The molecule has 6 rings (SSSR count). The van der Waals surface area contributed by atoms with Crippen molar-refractivity contribution in [2.24, 2.45) is 0 Å². The van der Waals surface area contributed by atoms with E-state index >= 15 is 0 Å². The van der Waals surface area contributed by atoms with Gasteiger partial charge in [-0.3, -0.25) is 0 Å². The van der Waals surface area contributed by atoms with E-state index in [1.165, 1.54) is 72.0 Å². The molecule has 0 N–H and O–H groups in total. The molecule has 0 amide bonds. The summed E-state index contributed by atoms with van der Waals surface area (Å²) >= 11 is 0. The number of aryl methyl sites for hydroxylation is 1. The Morgan fingerprint density at radius 2 is 1.42 bits per heavy atom. The molecular formula is C36H36. The molecule has 0 radical (unpaired) electrons. The molecule has 0 aliphatic heterocycles.